The minimum absolute atomic E-state index is 0.505. The molecule has 0 spiro atoms. The molecule has 0 bridgehead atoms. The van der Waals surface area contributed by atoms with E-state index in [9.17, 15) is 0 Å². The highest BCUT2D eigenvalue weighted by molar-refractivity contribution is 5.90. The normalized spacial score (nSPS) is 12.8. The molecule has 0 N–H and O–H groups in total. The molecular formula is C57H45NO. The first kappa shape index (κ1) is 37.2. The van der Waals surface area contributed by atoms with Gasteiger partial charge >= 0.3 is 0 Å². The average molecular weight is 760 g/mol. The second-order valence-electron chi connectivity index (χ2n) is 14.8. The lowest BCUT2D eigenvalue weighted by molar-refractivity contribution is 0.413. The lowest BCUT2D eigenvalue weighted by atomic mass is 9.67. The van der Waals surface area contributed by atoms with Crippen molar-refractivity contribution in [3.05, 3.63) is 259 Å². The van der Waals surface area contributed by atoms with Crippen molar-refractivity contribution in [3.8, 4) is 39.1 Å². The summed E-state index contributed by atoms with van der Waals surface area (Å²) in [5.74, 6) is 0.822. The maximum Gasteiger partial charge on any atom is 0.126 e. The van der Waals surface area contributed by atoms with Crippen LogP contribution in [0.2, 0.25) is 0 Å². The van der Waals surface area contributed by atoms with E-state index in [0.717, 1.165) is 45.1 Å². The van der Waals surface area contributed by atoms with Crippen molar-refractivity contribution in [2.24, 2.45) is 0 Å². The summed E-state index contributed by atoms with van der Waals surface area (Å²) in [6, 6.07) is 72.8. The van der Waals surface area contributed by atoms with Crippen LogP contribution >= 0.6 is 0 Å². The number of nitrogens with zero attached hydrogens (tertiary/aromatic N) is 1. The van der Waals surface area contributed by atoms with Gasteiger partial charge in [0, 0.05) is 22.6 Å². The van der Waals surface area contributed by atoms with E-state index >= 15 is 0 Å². The van der Waals surface area contributed by atoms with Gasteiger partial charge in [-0.15, -0.1) is 0 Å². The fourth-order valence-electron chi connectivity index (χ4n) is 8.91. The van der Waals surface area contributed by atoms with Crippen LogP contribution in [-0.2, 0) is 5.41 Å². The van der Waals surface area contributed by atoms with Gasteiger partial charge < -0.3 is 9.64 Å². The van der Waals surface area contributed by atoms with Gasteiger partial charge in [0.15, 0.2) is 0 Å². The van der Waals surface area contributed by atoms with Crippen molar-refractivity contribution >= 4 is 22.6 Å². The fourth-order valence-corrected chi connectivity index (χ4v) is 8.91. The maximum absolute atomic E-state index is 5.80. The lowest BCUT2D eigenvalue weighted by Gasteiger charge is -2.35. The van der Waals surface area contributed by atoms with E-state index in [-0.39, 0.29) is 0 Å². The third-order valence-electron chi connectivity index (χ3n) is 11.5. The summed E-state index contributed by atoms with van der Waals surface area (Å²) >= 11 is 0. The Morgan fingerprint density at radius 1 is 0.508 bits per heavy atom. The Labute approximate surface area is 348 Å². The number of methoxy groups -OCH3 is 1. The molecule has 0 aliphatic heterocycles. The fraction of sp³-hybridized carbons (Fsp3) is 0.0526. The Balaban J connectivity index is 1.21. The summed E-state index contributed by atoms with van der Waals surface area (Å²) in [5, 5.41) is 0. The first-order valence-electron chi connectivity index (χ1n) is 20.2. The molecule has 0 aromatic heterocycles. The lowest BCUT2D eigenvalue weighted by Crippen LogP contribution is -2.28. The zero-order valence-corrected chi connectivity index (χ0v) is 33.4. The number of allylic oxidation sites excluding steroid dienone is 5. The smallest absolute Gasteiger partial charge is 0.126 e. The van der Waals surface area contributed by atoms with Crippen LogP contribution in [0.15, 0.2) is 231 Å². The van der Waals surface area contributed by atoms with Crippen LogP contribution in [0, 0.1) is 0 Å². The highest BCUT2D eigenvalue weighted by atomic mass is 16.5. The van der Waals surface area contributed by atoms with Gasteiger partial charge in [-0.2, -0.15) is 0 Å². The summed E-state index contributed by atoms with van der Waals surface area (Å²) in [6.45, 7) is 5.98. The summed E-state index contributed by atoms with van der Waals surface area (Å²) < 4.78 is 5.80. The molecule has 59 heavy (non-hydrogen) atoms. The van der Waals surface area contributed by atoms with E-state index in [1.807, 2.05) is 31.2 Å². The number of hydrogen-bond acceptors (Lipinski definition) is 2. The third-order valence-corrected chi connectivity index (χ3v) is 11.5. The molecule has 0 fully saturated rings. The van der Waals surface area contributed by atoms with Crippen molar-refractivity contribution in [1.82, 2.24) is 0 Å². The van der Waals surface area contributed by atoms with Crippen LogP contribution < -0.4 is 9.64 Å². The van der Waals surface area contributed by atoms with Crippen LogP contribution in [0.5, 0.6) is 5.75 Å². The van der Waals surface area contributed by atoms with Crippen LogP contribution in [0.1, 0.15) is 34.7 Å². The summed E-state index contributed by atoms with van der Waals surface area (Å²) in [6.07, 6.45) is 7.97. The summed E-state index contributed by atoms with van der Waals surface area (Å²) in [7, 11) is 1.72. The van der Waals surface area contributed by atoms with E-state index in [1.165, 1.54) is 44.5 Å². The monoisotopic (exact) mass is 759 g/mol. The Bertz CT molecular complexity index is 2760. The molecule has 0 amide bonds. The second-order valence-corrected chi connectivity index (χ2v) is 14.8. The van der Waals surface area contributed by atoms with Crippen molar-refractivity contribution in [1.29, 1.82) is 0 Å². The van der Waals surface area contributed by atoms with Gasteiger partial charge in [-0.3, -0.25) is 0 Å². The largest absolute Gasteiger partial charge is 0.496 e. The van der Waals surface area contributed by atoms with Gasteiger partial charge in [0.05, 0.1) is 12.5 Å². The molecule has 9 rings (SSSR count). The first-order chi connectivity index (χ1) is 29.1. The Morgan fingerprint density at radius 3 is 1.61 bits per heavy atom. The van der Waals surface area contributed by atoms with Crippen LogP contribution in [0.3, 0.4) is 0 Å². The van der Waals surface area contributed by atoms with E-state index in [4.69, 9.17) is 4.74 Å². The zero-order chi connectivity index (χ0) is 40.2. The Hall–Kier alpha value is -7.42. The molecule has 2 heteroatoms. The van der Waals surface area contributed by atoms with Crippen LogP contribution in [0.25, 0.3) is 39.0 Å². The van der Waals surface area contributed by atoms with Gasteiger partial charge in [0.2, 0.25) is 0 Å². The third kappa shape index (κ3) is 6.69. The van der Waals surface area contributed by atoms with Crippen molar-refractivity contribution in [3.63, 3.8) is 0 Å². The molecule has 1 aliphatic rings. The number of rotatable bonds is 11. The highest BCUT2D eigenvalue weighted by Gasteiger charge is 2.46. The standard InChI is InChI=1S/C57H45NO/c1-4-17-44(18-5-2)53-39-45(31-38-56(53)59-3)43-29-34-49(35-30-43)58(48-32-27-42(28-33-48)41-19-9-6-10-20-41)50-36-37-52-51-25-15-16-26-54(51)57(55(52)40-50,46-21-11-7-12-22-46)47-23-13-8-14-24-47/h4-40H,1H2,2-3H3/b18-5-,44-17+. The Morgan fingerprint density at radius 2 is 1.02 bits per heavy atom. The van der Waals surface area contributed by atoms with Crippen molar-refractivity contribution < 1.29 is 4.74 Å². The van der Waals surface area contributed by atoms with E-state index in [1.54, 1.807) is 7.11 Å². The van der Waals surface area contributed by atoms with E-state index in [2.05, 4.69) is 212 Å². The molecule has 1 aliphatic carbocycles. The number of hydrogen-bond donors (Lipinski definition) is 0. The average Bonchev–Trinajstić information content (AvgIpc) is 3.60. The molecule has 0 saturated heterocycles. The number of fused-ring (bicyclic) bond motifs is 3. The molecule has 284 valence electrons. The van der Waals surface area contributed by atoms with Crippen molar-refractivity contribution in [2.75, 3.05) is 12.0 Å². The number of ether oxygens (including phenoxy) is 1. The molecule has 0 atom stereocenters. The van der Waals surface area contributed by atoms with Crippen LogP contribution in [-0.4, -0.2) is 7.11 Å². The number of anilines is 3. The van der Waals surface area contributed by atoms with Crippen molar-refractivity contribution in [2.45, 2.75) is 12.3 Å². The van der Waals surface area contributed by atoms with Gasteiger partial charge in [-0.05, 0) is 117 Å². The molecule has 0 radical (unpaired) electrons. The quantitative estimate of drug-likeness (QED) is 0.122. The predicted octanol–water partition coefficient (Wildman–Crippen LogP) is 15.0. The minimum Gasteiger partial charge on any atom is -0.496 e. The highest BCUT2D eigenvalue weighted by Crippen LogP contribution is 2.57. The molecule has 0 heterocycles. The molecule has 0 saturated carbocycles. The first-order valence-corrected chi connectivity index (χ1v) is 20.2. The summed E-state index contributed by atoms with van der Waals surface area (Å²) in [5.41, 5.74) is 17.0. The SMILES string of the molecule is C=C/C=C(\C=C/C)c1cc(-c2ccc(N(c3ccc(-c4ccccc4)cc3)c3ccc4c(c3)C(c3ccccc3)(c3ccccc3)c3ccccc3-4)cc2)ccc1OC. The van der Waals surface area contributed by atoms with E-state index in [0.29, 0.717) is 0 Å². The van der Waals surface area contributed by atoms with Gasteiger partial charge in [-0.25, -0.2) is 0 Å². The van der Waals surface area contributed by atoms with Gasteiger partial charge in [0.1, 0.15) is 5.75 Å². The summed E-state index contributed by atoms with van der Waals surface area (Å²) in [4.78, 5) is 2.39. The zero-order valence-electron chi connectivity index (χ0n) is 33.4. The molecular weight excluding hydrogens is 715 g/mol. The minimum atomic E-state index is -0.505. The number of benzene rings is 8. The van der Waals surface area contributed by atoms with Gasteiger partial charge in [0.25, 0.3) is 0 Å². The molecule has 0 unspecified atom stereocenters. The Kier molecular flexibility index (Phi) is 10.2. The van der Waals surface area contributed by atoms with E-state index < -0.39 is 5.41 Å². The predicted molar refractivity (Wildman–Crippen MR) is 249 cm³/mol. The molecule has 2 nitrogen and oxygen atoms in total. The topological polar surface area (TPSA) is 12.5 Å². The second kappa shape index (κ2) is 16.2. The maximum atomic E-state index is 5.80. The molecule has 8 aromatic rings. The molecule has 8 aromatic carbocycles. The van der Waals surface area contributed by atoms with Gasteiger partial charge in [-0.1, -0.05) is 183 Å². The van der Waals surface area contributed by atoms with Crippen LogP contribution in [0.4, 0.5) is 17.1 Å².